The van der Waals surface area contributed by atoms with E-state index in [0.29, 0.717) is 30.9 Å². The molecule has 0 bridgehead atoms. The van der Waals surface area contributed by atoms with Gasteiger partial charge in [0.05, 0.1) is 12.9 Å². The Bertz CT molecular complexity index is 761. The molecule has 6 heteroatoms. The Labute approximate surface area is 160 Å². The summed E-state index contributed by atoms with van der Waals surface area (Å²) in [7, 11) is 2.19. The second kappa shape index (κ2) is 8.13. The monoisotopic (exact) mass is 368 g/mol. The number of fused-ring (bicyclic) bond motifs is 1. The highest BCUT2D eigenvalue weighted by Gasteiger charge is 2.39. The summed E-state index contributed by atoms with van der Waals surface area (Å²) >= 11 is 0. The molecule has 1 aromatic carbocycles. The number of hydrogen-bond acceptors (Lipinski definition) is 4. The normalized spacial score (nSPS) is 24.7. The number of rotatable bonds is 7. The number of piperidine rings is 1. The molecule has 2 aromatic rings. The minimum atomic E-state index is 0.219. The van der Waals surface area contributed by atoms with E-state index in [4.69, 9.17) is 4.74 Å². The Hall–Kier alpha value is -2.34. The summed E-state index contributed by atoms with van der Waals surface area (Å²) < 4.78 is 8.07. The number of carbonyl (C=O) groups excluding carboxylic acids is 1. The second-order valence-electron chi connectivity index (χ2n) is 7.83. The van der Waals surface area contributed by atoms with E-state index in [9.17, 15) is 4.79 Å². The van der Waals surface area contributed by atoms with Gasteiger partial charge < -0.3 is 14.6 Å². The van der Waals surface area contributed by atoms with Gasteiger partial charge >= 0.3 is 0 Å². The van der Waals surface area contributed by atoms with Crippen LogP contribution in [0.4, 0.5) is 0 Å². The van der Waals surface area contributed by atoms with Gasteiger partial charge in [0.15, 0.2) is 0 Å². The van der Waals surface area contributed by atoms with E-state index >= 15 is 0 Å². The Morgan fingerprint density at radius 1 is 1.30 bits per heavy atom. The van der Waals surface area contributed by atoms with Gasteiger partial charge in [0.2, 0.25) is 5.91 Å². The Kier molecular flexibility index (Phi) is 5.43. The maximum atomic E-state index is 11.7. The van der Waals surface area contributed by atoms with Crippen molar-refractivity contribution in [2.45, 2.75) is 38.4 Å². The summed E-state index contributed by atoms with van der Waals surface area (Å²) in [6.07, 6.45) is 8.53. The number of hydrogen-bond donors (Lipinski definition) is 1. The first-order valence-corrected chi connectivity index (χ1v) is 9.82. The first-order valence-electron chi connectivity index (χ1n) is 9.82. The number of ether oxygens (including phenoxy) is 1. The predicted molar refractivity (Wildman–Crippen MR) is 103 cm³/mol. The molecular formula is C21H28N4O2. The van der Waals surface area contributed by atoms with Crippen molar-refractivity contribution in [2.24, 2.45) is 11.8 Å². The summed E-state index contributed by atoms with van der Waals surface area (Å²) in [6.45, 7) is 3.13. The molecule has 3 atom stereocenters. The molecule has 1 aliphatic heterocycles. The topological polar surface area (TPSA) is 59.4 Å². The van der Waals surface area contributed by atoms with Crippen LogP contribution < -0.4 is 10.1 Å². The van der Waals surface area contributed by atoms with E-state index in [1.54, 1.807) is 6.20 Å². The highest BCUT2D eigenvalue weighted by atomic mass is 16.5. The molecule has 0 spiro atoms. The van der Waals surface area contributed by atoms with Crippen LogP contribution in [-0.2, 0) is 17.9 Å². The summed E-state index contributed by atoms with van der Waals surface area (Å²) in [5.74, 6) is 2.36. The van der Waals surface area contributed by atoms with Gasteiger partial charge in [0, 0.05) is 43.5 Å². The first-order chi connectivity index (χ1) is 13.2. The van der Waals surface area contributed by atoms with Crippen LogP contribution in [0.3, 0.4) is 0 Å². The number of aromatic nitrogens is 2. The van der Waals surface area contributed by atoms with Crippen molar-refractivity contribution in [1.29, 1.82) is 0 Å². The van der Waals surface area contributed by atoms with E-state index in [1.165, 1.54) is 12.0 Å². The van der Waals surface area contributed by atoms with Crippen LogP contribution in [0.2, 0.25) is 0 Å². The van der Waals surface area contributed by atoms with Gasteiger partial charge in [-0.3, -0.25) is 9.69 Å². The summed E-state index contributed by atoms with van der Waals surface area (Å²) in [5.41, 5.74) is 1.22. The Morgan fingerprint density at radius 2 is 2.15 bits per heavy atom. The molecule has 1 aliphatic carbocycles. The minimum Gasteiger partial charge on any atom is -0.491 e. The van der Waals surface area contributed by atoms with Crippen molar-refractivity contribution in [3.63, 3.8) is 0 Å². The van der Waals surface area contributed by atoms with E-state index < -0.39 is 0 Å². The van der Waals surface area contributed by atoms with Gasteiger partial charge in [0.1, 0.15) is 12.4 Å². The molecule has 144 valence electrons. The molecule has 6 nitrogen and oxygen atoms in total. The van der Waals surface area contributed by atoms with Gasteiger partial charge in [-0.05, 0) is 37.8 Å². The van der Waals surface area contributed by atoms with Gasteiger partial charge in [-0.15, -0.1) is 0 Å². The molecule has 2 heterocycles. The molecule has 1 saturated carbocycles. The highest BCUT2D eigenvalue weighted by Crippen LogP contribution is 2.38. The van der Waals surface area contributed by atoms with Gasteiger partial charge in [-0.2, -0.15) is 0 Å². The Balaban J connectivity index is 1.34. The number of imidazole rings is 1. The molecule has 1 N–H and O–H groups in total. The molecule has 27 heavy (non-hydrogen) atoms. The Morgan fingerprint density at radius 3 is 3.00 bits per heavy atom. The third-order valence-electron chi connectivity index (χ3n) is 6.01. The number of carbonyl (C=O) groups is 1. The van der Waals surface area contributed by atoms with Gasteiger partial charge in [-0.1, -0.05) is 18.2 Å². The average Bonchev–Trinajstić information content (AvgIpc) is 3.32. The van der Waals surface area contributed by atoms with Crippen LogP contribution in [0.15, 0.2) is 43.0 Å². The standard InChI is InChI=1S/C21H28N4O2/c1-24(19-10-17-12-21(26)23-13-18(17)11-19)14-16-4-2-3-5-20(16)27-9-8-25-7-6-22-15-25/h2-7,15,17-19H,8-14H2,1H3,(H,23,26)/t17-,18+,19-/m1/s1. The number of para-hydroxylation sites is 1. The molecule has 2 fully saturated rings. The van der Waals surface area contributed by atoms with Crippen molar-refractivity contribution < 1.29 is 9.53 Å². The predicted octanol–water partition coefficient (Wildman–Crippen LogP) is 2.31. The van der Waals surface area contributed by atoms with Crippen molar-refractivity contribution >= 4 is 5.91 Å². The second-order valence-corrected chi connectivity index (χ2v) is 7.83. The maximum absolute atomic E-state index is 11.7. The van der Waals surface area contributed by atoms with Crippen LogP contribution in [0.5, 0.6) is 5.75 Å². The third kappa shape index (κ3) is 4.33. The highest BCUT2D eigenvalue weighted by molar-refractivity contribution is 5.77. The molecule has 0 unspecified atom stereocenters. The average molecular weight is 368 g/mol. The van der Waals surface area contributed by atoms with Crippen molar-refractivity contribution in [2.75, 3.05) is 20.2 Å². The zero-order valence-electron chi connectivity index (χ0n) is 15.9. The maximum Gasteiger partial charge on any atom is 0.220 e. The molecule has 1 aromatic heterocycles. The smallest absolute Gasteiger partial charge is 0.220 e. The van der Waals surface area contributed by atoms with Gasteiger partial charge in [0.25, 0.3) is 0 Å². The number of nitrogens with zero attached hydrogens (tertiary/aromatic N) is 3. The number of amides is 1. The van der Waals surface area contributed by atoms with Crippen molar-refractivity contribution in [1.82, 2.24) is 19.8 Å². The summed E-state index contributed by atoms with van der Waals surface area (Å²) in [6, 6.07) is 8.83. The van der Waals surface area contributed by atoms with Crippen LogP contribution in [0, 0.1) is 11.8 Å². The van der Waals surface area contributed by atoms with E-state index in [2.05, 4.69) is 34.4 Å². The largest absolute Gasteiger partial charge is 0.491 e. The summed E-state index contributed by atoms with van der Waals surface area (Å²) in [4.78, 5) is 18.1. The lowest BCUT2D eigenvalue weighted by atomic mass is 9.89. The molecular weight excluding hydrogens is 340 g/mol. The lowest BCUT2D eigenvalue weighted by molar-refractivity contribution is -0.124. The zero-order valence-corrected chi connectivity index (χ0v) is 15.9. The lowest BCUT2D eigenvalue weighted by Gasteiger charge is -2.25. The van der Waals surface area contributed by atoms with Crippen molar-refractivity contribution in [3.05, 3.63) is 48.5 Å². The molecule has 2 aliphatic rings. The fourth-order valence-electron chi connectivity index (χ4n) is 4.45. The van der Waals surface area contributed by atoms with Crippen molar-refractivity contribution in [3.8, 4) is 5.75 Å². The van der Waals surface area contributed by atoms with Crippen LogP contribution in [0.1, 0.15) is 24.8 Å². The number of benzene rings is 1. The zero-order chi connectivity index (χ0) is 18.6. The fraction of sp³-hybridized carbons (Fsp3) is 0.524. The fourth-order valence-corrected chi connectivity index (χ4v) is 4.45. The van der Waals surface area contributed by atoms with Crippen LogP contribution in [0.25, 0.3) is 0 Å². The minimum absolute atomic E-state index is 0.219. The van der Waals surface area contributed by atoms with E-state index in [1.807, 2.05) is 29.2 Å². The van der Waals surface area contributed by atoms with E-state index in [-0.39, 0.29) is 5.91 Å². The van der Waals surface area contributed by atoms with Crippen LogP contribution in [-0.4, -0.2) is 46.6 Å². The SMILES string of the molecule is CN(Cc1ccccc1OCCn1ccnc1)[C@H]1C[C@H]2CNC(=O)C[C@H]2C1. The first kappa shape index (κ1) is 18.0. The molecule has 1 amide bonds. The third-order valence-corrected chi connectivity index (χ3v) is 6.01. The number of nitrogens with one attached hydrogen (secondary N) is 1. The van der Waals surface area contributed by atoms with E-state index in [0.717, 1.165) is 31.8 Å². The summed E-state index contributed by atoms with van der Waals surface area (Å²) in [5, 5.41) is 3.02. The molecule has 1 saturated heterocycles. The molecule has 0 radical (unpaired) electrons. The quantitative estimate of drug-likeness (QED) is 0.815. The lowest BCUT2D eigenvalue weighted by Crippen LogP contribution is -2.38. The molecule has 4 rings (SSSR count). The van der Waals surface area contributed by atoms with Gasteiger partial charge in [-0.25, -0.2) is 4.98 Å². The van der Waals surface area contributed by atoms with Crippen LogP contribution >= 0.6 is 0 Å².